The second-order valence-electron chi connectivity index (χ2n) is 5.43. The molecule has 1 amide bonds. The minimum atomic E-state index is 0.0791. The molecule has 0 saturated carbocycles. The molecular weight excluding hydrogens is 228 g/mol. The Morgan fingerprint density at radius 1 is 1.44 bits per heavy atom. The first-order valence-electron chi connectivity index (χ1n) is 7.43. The highest BCUT2D eigenvalue weighted by atomic mass is 16.5. The zero-order chi connectivity index (χ0) is 12.8. The number of rotatable bonds is 4. The van der Waals surface area contributed by atoms with Gasteiger partial charge in [-0.15, -0.1) is 0 Å². The monoisotopic (exact) mass is 254 g/mol. The third kappa shape index (κ3) is 3.69. The average molecular weight is 254 g/mol. The average Bonchev–Trinajstić information content (AvgIpc) is 2.41. The van der Waals surface area contributed by atoms with Crippen molar-refractivity contribution in [3.8, 4) is 0 Å². The summed E-state index contributed by atoms with van der Waals surface area (Å²) in [4.78, 5) is 14.5. The first-order valence-corrected chi connectivity index (χ1v) is 7.43. The summed E-state index contributed by atoms with van der Waals surface area (Å²) >= 11 is 0. The Hall–Kier alpha value is -0.610. The van der Waals surface area contributed by atoms with Crippen molar-refractivity contribution in [2.75, 3.05) is 26.2 Å². The summed E-state index contributed by atoms with van der Waals surface area (Å²) in [5.41, 5.74) is 0. The maximum absolute atomic E-state index is 12.4. The second-order valence-corrected chi connectivity index (χ2v) is 5.43. The highest BCUT2D eigenvalue weighted by Gasteiger charge is 2.28. The molecule has 0 aliphatic carbocycles. The number of piperidine rings is 1. The fourth-order valence-corrected chi connectivity index (χ4v) is 3.03. The lowest BCUT2D eigenvalue weighted by Crippen LogP contribution is -2.47. The molecular formula is C14H26N2O2. The van der Waals surface area contributed by atoms with Gasteiger partial charge in [-0.1, -0.05) is 13.3 Å². The van der Waals surface area contributed by atoms with E-state index in [0.717, 1.165) is 45.5 Å². The molecule has 0 radical (unpaired) electrons. The Balaban J connectivity index is 1.84. The van der Waals surface area contributed by atoms with E-state index in [1.165, 1.54) is 12.8 Å². The van der Waals surface area contributed by atoms with Crippen molar-refractivity contribution in [1.29, 1.82) is 0 Å². The number of carbonyl (C=O) groups is 1. The fraction of sp³-hybridized carbons (Fsp3) is 0.929. The first-order chi connectivity index (χ1) is 8.81. The number of morpholine rings is 1. The van der Waals surface area contributed by atoms with E-state index in [2.05, 4.69) is 17.1 Å². The molecule has 2 aliphatic rings. The Morgan fingerprint density at radius 3 is 3.06 bits per heavy atom. The minimum Gasteiger partial charge on any atom is -0.375 e. The third-order valence-corrected chi connectivity index (χ3v) is 3.98. The fourth-order valence-electron chi connectivity index (χ4n) is 3.03. The Morgan fingerprint density at radius 2 is 2.33 bits per heavy atom. The molecule has 1 N–H and O–H groups in total. The lowest BCUT2D eigenvalue weighted by atomic mass is 9.97. The number of amides is 1. The molecule has 0 spiro atoms. The summed E-state index contributed by atoms with van der Waals surface area (Å²) in [5.74, 6) is 0.293. The first kappa shape index (κ1) is 13.8. The normalized spacial score (nSPS) is 29.3. The number of ether oxygens (including phenoxy) is 1. The Labute approximate surface area is 110 Å². The van der Waals surface area contributed by atoms with Crippen molar-refractivity contribution in [3.63, 3.8) is 0 Å². The number of carbonyl (C=O) groups excluding carboxylic acids is 1. The van der Waals surface area contributed by atoms with Crippen LogP contribution >= 0.6 is 0 Å². The number of nitrogens with one attached hydrogen (secondary N) is 1. The van der Waals surface area contributed by atoms with Crippen LogP contribution < -0.4 is 5.32 Å². The number of likely N-dealkylation sites (tertiary alicyclic amines) is 1. The van der Waals surface area contributed by atoms with Crippen LogP contribution in [0.2, 0.25) is 0 Å². The summed E-state index contributed by atoms with van der Waals surface area (Å²) in [5, 5.41) is 3.28. The second kappa shape index (κ2) is 7.10. The van der Waals surface area contributed by atoms with E-state index in [0.29, 0.717) is 18.4 Å². The maximum atomic E-state index is 12.4. The van der Waals surface area contributed by atoms with Gasteiger partial charge in [-0.25, -0.2) is 0 Å². The molecule has 2 saturated heterocycles. The molecule has 2 aliphatic heterocycles. The van der Waals surface area contributed by atoms with Crippen LogP contribution in [-0.2, 0) is 9.53 Å². The standard InChI is InChI=1S/C14H26N2O2/c1-2-5-12-6-3-4-8-16(12)14(17)10-13-11-15-7-9-18-13/h12-13,15H,2-11H2,1H3. The van der Waals surface area contributed by atoms with Crippen LogP contribution in [0.4, 0.5) is 0 Å². The summed E-state index contributed by atoms with van der Waals surface area (Å²) < 4.78 is 5.62. The van der Waals surface area contributed by atoms with Gasteiger partial charge in [-0.05, 0) is 25.7 Å². The van der Waals surface area contributed by atoms with Gasteiger partial charge in [0, 0.05) is 25.7 Å². The Kier molecular flexibility index (Phi) is 5.45. The van der Waals surface area contributed by atoms with Gasteiger partial charge in [0.2, 0.25) is 5.91 Å². The molecule has 0 aromatic carbocycles. The zero-order valence-electron chi connectivity index (χ0n) is 11.5. The number of hydrogen-bond acceptors (Lipinski definition) is 3. The lowest BCUT2D eigenvalue weighted by Gasteiger charge is -2.37. The van der Waals surface area contributed by atoms with E-state index in [4.69, 9.17) is 4.74 Å². The molecule has 2 unspecified atom stereocenters. The quantitative estimate of drug-likeness (QED) is 0.827. The van der Waals surface area contributed by atoms with E-state index in [9.17, 15) is 4.79 Å². The van der Waals surface area contributed by atoms with E-state index >= 15 is 0 Å². The van der Waals surface area contributed by atoms with Gasteiger partial charge in [0.05, 0.1) is 19.1 Å². The topological polar surface area (TPSA) is 41.6 Å². The largest absolute Gasteiger partial charge is 0.375 e. The summed E-state index contributed by atoms with van der Waals surface area (Å²) in [6.07, 6.45) is 6.56. The maximum Gasteiger partial charge on any atom is 0.225 e. The molecule has 2 heterocycles. The molecule has 2 fully saturated rings. The van der Waals surface area contributed by atoms with Crippen LogP contribution in [-0.4, -0.2) is 49.2 Å². The van der Waals surface area contributed by atoms with E-state index in [-0.39, 0.29) is 6.10 Å². The van der Waals surface area contributed by atoms with Gasteiger partial charge in [-0.2, -0.15) is 0 Å². The molecule has 0 bridgehead atoms. The zero-order valence-corrected chi connectivity index (χ0v) is 11.5. The van der Waals surface area contributed by atoms with Crippen molar-refractivity contribution in [3.05, 3.63) is 0 Å². The molecule has 0 aromatic rings. The van der Waals surface area contributed by atoms with Crippen LogP contribution in [0.15, 0.2) is 0 Å². The van der Waals surface area contributed by atoms with Crippen molar-refractivity contribution in [2.24, 2.45) is 0 Å². The Bertz CT molecular complexity index is 263. The van der Waals surface area contributed by atoms with Gasteiger partial charge >= 0.3 is 0 Å². The van der Waals surface area contributed by atoms with Crippen LogP contribution in [0.3, 0.4) is 0 Å². The van der Waals surface area contributed by atoms with Crippen LogP contribution in [0, 0.1) is 0 Å². The SMILES string of the molecule is CCCC1CCCCN1C(=O)CC1CNCCO1. The van der Waals surface area contributed by atoms with Crippen LogP contribution in [0.25, 0.3) is 0 Å². The molecule has 18 heavy (non-hydrogen) atoms. The van der Waals surface area contributed by atoms with Gasteiger partial charge in [0.1, 0.15) is 0 Å². The van der Waals surface area contributed by atoms with Crippen molar-refractivity contribution < 1.29 is 9.53 Å². The molecule has 104 valence electrons. The number of hydrogen-bond donors (Lipinski definition) is 1. The van der Waals surface area contributed by atoms with E-state index in [1.807, 2.05) is 0 Å². The molecule has 4 nitrogen and oxygen atoms in total. The van der Waals surface area contributed by atoms with Crippen LogP contribution in [0.5, 0.6) is 0 Å². The predicted octanol–water partition coefficient (Wildman–Crippen LogP) is 1.55. The van der Waals surface area contributed by atoms with E-state index in [1.54, 1.807) is 0 Å². The van der Waals surface area contributed by atoms with Crippen molar-refractivity contribution >= 4 is 5.91 Å². The summed E-state index contributed by atoms with van der Waals surface area (Å²) in [6.45, 7) is 5.61. The van der Waals surface area contributed by atoms with Gasteiger partial charge in [0.15, 0.2) is 0 Å². The van der Waals surface area contributed by atoms with Gasteiger partial charge < -0.3 is 15.0 Å². The molecule has 0 aromatic heterocycles. The summed E-state index contributed by atoms with van der Waals surface area (Å²) in [7, 11) is 0. The summed E-state index contributed by atoms with van der Waals surface area (Å²) in [6, 6.07) is 0.479. The van der Waals surface area contributed by atoms with Gasteiger partial charge in [-0.3, -0.25) is 4.79 Å². The van der Waals surface area contributed by atoms with Crippen molar-refractivity contribution in [1.82, 2.24) is 10.2 Å². The molecule has 2 rings (SSSR count). The third-order valence-electron chi connectivity index (χ3n) is 3.98. The molecule has 4 heteroatoms. The lowest BCUT2D eigenvalue weighted by molar-refractivity contribution is -0.138. The van der Waals surface area contributed by atoms with Crippen molar-refractivity contribution in [2.45, 2.75) is 57.6 Å². The number of nitrogens with zero attached hydrogens (tertiary/aromatic N) is 1. The predicted molar refractivity (Wildman–Crippen MR) is 71.5 cm³/mol. The smallest absolute Gasteiger partial charge is 0.225 e. The van der Waals surface area contributed by atoms with E-state index < -0.39 is 0 Å². The highest BCUT2D eigenvalue weighted by molar-refractivity contribution is 5.77. The molecule has 2 atom stereocenters. The highest BCUT2D eigenvalue weighted by Crippen LogP contribution is 2.22. The van der Waals surface area contributed by atoms with Gasteiger partial charge in [0.25, 0.3) is 0 Å². The minimum absolute atomic E-state index is 0.0791. The van der Waals surface area contributed by atoms with Crippen LogP contribution in [0.1, 0.15) is 45.4 Å².